The molecule has 6 heteroatoms. The first-order chi connectivity index (χ1) is 7.46. The van der Waals surface area contributed by atoms with Crippen LogP contribution in [0.15, 0.2) is 10.6 Å². The van der Waals surface area contributed by atoms with Gasteiger partial charge in [-0.3, -0.25) is 4.90 Å². The van der Waals surface area contributed by atoms with Crippen LogP contribution in [0.3, 0.4) is 0 Å². The first kappa shape index (κ1) is 11.6. The number of sulfone groups is 1. The molecule has 16 heavy (non-hydrogen) atoms. The summed E-state index contributed by atoms with van der Waals surface area (Å²) in [6.45, 7) is 4.92. The molecule has 1 aromatic heterocycles. The first-order valence-corrected chi connectivity index (χ1v) is 7.14. The third-order valence-corrected chi connectivity index (χ3v) is 4.61. The predicted octanol–water partition coefficient (Wildman–Crippen LogP) is 0.602. The highest BCUT2D eigenvalue weighted by atomic mass is 32.2. The van der Waals surface area contributed by atoms with E-state index in [2.05, 4.69) is 9.88 Å². The van der Waals surface area contributed by atoms with E-state index in [4.69, 9.17) is 4.42 Å². The highest BCUT2D eigenvalue weighted by Crippen LogP contribution is 2.15. The number of hydrogen-bond acceptors (Lipinski definition) is 5. The summed E-state index contributed by atoms with van der Waals surface area (Å²) in [6.07, 6.45) is 1.68. The highest BCUT2D eigenvalue weighted by molar-refractivity contribution is 7.91. The number of nitrogens with zero attached hydrogens (tertiary/aromatic N) is 2. The molecule has 1 aliphatic heterocycles. The van der Waals surface area contributed by atoms with Crippen LogP contribution in [-0.2, 0) is 16.4 Å². The molecule has 0 saturated carbocycles. The van der Waals surface area contributed by atoms with Crippen molar-refractivity contribution in [3.8, 4) is 0 Å². The summed E-state index contributed by atoms with van der Waals surface area (Å²) >= 11 is 0. The largest absolute Gasteiger partial charge is 0.445 e. The minimum Gasteiger partial charge on any atom is -0.445 e. The SMILES string of the molecule is Cc1cnc(CN2CCS(=O)(=O)CC2C)o1. The second kappa shape index (κ2) is 4.18. The molecular weight excluding hydrogens is 228 g/mol. The summed E-state index contributed by atoms with van der Waals surface area (Å²) in [5.74, 6) is 1.90. The van der Waals surface area contributed by atoms with E-state index >= 15 is 0 Å². The number of hydrogen-bond donors (Lipinski definition) is 0. The van der Waals surface area contributed by atoms with Crippen molar-refractivity contribution in [3.05, 3.63) is 17.8 Å². The van der Waals surface area contributed by atoms with E-state index < -0.39 is 9.84 Å². The van der Waals surface area contributed by atoms with Crippen molar-refractivity contribution in [3.63, 3.8) is 0 Å². The molecule has 5 nitrogen and oxygen atoms in total. The Kier molecular flexibility index (Phi) is 3.03. The topological polar surface area (TPSA) is 63.4 Å². The maximum atomic E-state index is 11.4. The van der Waals surface area contributed by atoms with Gasteiger partial charge in [-0.25, -0.2) is 13.4 Å². The van der Waals surface area contributed by atoms with Crippen molar-refractivity contribution < 1.29 is 12.8 Å². The van der Waals surface area contributed by atoms with Crippen molar-refractivity contribution in [2.24, 2.45) is 0 Å². The molecule has 0 radical (unpaired) electrons. The molecule has 1 atom stereocenters. The normalized spacial score (nSPS) is 25.8. The van der Waals surface area contributed by atoms with Gasteiger partial charge < -0.3 is 4.42 Å². The average Bonchev–Trinajstić information content (AvgIpc) is 2.56. The van der Waals surface area contributed by atoms with E-state index in [-0.39, 0.29) is 17.5 Å². The summed E-state index contributed by atoms with van der Waals surface area (Å²) in [5, 5.41) is 0. The summed E-state index contributed by atoms with van der Waals surface area (Å²) in [4.78, 5) is 6.21. The zero-order chi connectivity index (χ0) is 11.8. The van der Waals surface area contributed by atoms with Gasteiger partial charge in [0.2, 0.25) is 5.89 Å². The molecule has 0 spiro atoms. The van der Waals surface area contributed by atoms with Crippen LogP contribution in [0.1, 0.15) is 18.6 Å². The van der Waals surface area contributed by atoms with Crippen LogP contribution < -0.4 is 0 Å². The van der Waals surface area contributed by atoms with Crippen molar-refractivity contribution in [1.29, 1.82) is 0 Å². The van der Waals surface area contributed by atoms with Crippen LogP contribution in [0.4, 0.5) is 0 Å². The van der Waals surface area contributed by atoms with E-state index in [1.165, 1.54) is 0 Å². The lowest BCUT2D eigenvalue weighted by atomic mass is 10.3. The molecule has 2 rings (SSSR count). The molecular formula is C10H16N2O3S. The maximum absolute atomic E-state index is 11.4. The molecule has 0 bridgehead atoms. The van der Waals surface area contributed by atoms with Gasteiger partial charge in [0.05, 0.1) is 24.2 Å². The van der Waals surface area contributed by atoms with Crippen molar-refractivity contribution in [2.45, 2.75) is 26.4 Å². The minimum atomic E-state index is -2.84. The Labute approximate surface area is 95.4 Å². The summed E-state index contributed by atoms with van der Waals surface area (Å²) in [6, 6.07) is 0.0333. The van der Waals surface area contributed by atoms with Crippen molar-refractivity contribution in [1.82, 2.24) is 9.88 Å². The van der Waals surface area contributed by atoms with Crippen LogP contribution in [-0.4, -0.2) is 42.4 Å². The van der Waals surface area contributed by atoms with Crippen molar-refractivity contribution >= 4 is 9.84 Å². The Morgan fingerprint density at radius 3 is 2.94 bits per heavy atom. The van der Waals surface area contributed by atoms with Gasteiger partial charge >= 0.3 is 0 Å². The monoisotopic (exact) mass is 244 g/mol. The Morgan fingerprint density at radius 2 is 2.38 bits per heavy atom. The predicted molar refractivity (Wildman–Crippen MR) is 59.8 cm³/mol. The van der Waals surface area contributed by atoms with Crippen LogP contribution in [0.2, 0.25) is 0 Å². The Morgan fingerprint density at radius 1 is 1.62 bits per heavy atom. The number of aromatic nitrogens is 1. The van der Waals surface area contributed by atoms with E-state index in [1.807, 2.05) is 13.8 Å². The lowest BCUT2D eigenvalue weighted by Crippen LogP contribution is -2.46. The molecule has 1 saturated heterocycles. The average molecular weight is 244 g/mol. The Balaban J connectivity index is 2.02. The minimum absolute atomic E-state index is 0.0333. The third kappa shape index (κ3) is 2.62. The quantitative estimate of drug-likeness (QED) is 0.762. The first-order valence-electron chi connectivity index (χ1n) is 5.32. The molecule has 1 aliphatic rings. The molecule has 1 fully saturated rings. The van der Waals surface area contributed by atoms with E-state index in [9.17, 15) is 8.42 Å². The smallest absolute Gasteiger partial charge is 0.208 e. The van der Waals surface area contributed by atoms with E-state index in [0.29, 0.717) is 19.0 Å². The van der Waals surface area contributed by atoms with Gasteiger partial charge in [-0.2, -0.15) is 0 Å². The van der Waals surface area contributed by atoms with Gasteiger partial charge in [0, 0.05) is 12.6 Å². The van der Waals surface area contributed by atoms with E-state index in [0.717, 1.165) is 5.76 Å². The number of aryl methyl sites for hydroxylation is 1. The van der Waals surface area contributed by atoms with Crippen molar-refractivity contribution in [2.75, 3.05) is 18.1 Å². The van der Waals surface area contributed by atoms with Gasteiger partial charge in [0.15, 0.2) is 9.84 Å². The van der Waals surface area contributed by atoms with Gasteiger partial charge in [-0.15, -0.1) is 0 Å². The highest BCUT2D eigenvalue weighted by Gasteiger charge is 2.28. The van der Waals surface area contributed by atoms with Crippen LogP contribution in [0.25, 0.3) is 0 Å². The zero-order valence-corrected chi connectivity index (χ0v) is 10.3. The fourth-order valence-corrected chi connectivity index (χ4v) is 3.54. The number of rotatable bonds is 2. The summed E-state index contributed by atoms with van der Waals surface area (Å²) in [7, 11) is -2.84. The van der Waals surface area contributed by atoms with Crippen LogP contribution in [0, 0.1) is 6.92 Å². The fourth-order valence-electron chi connectivity index (χ4n) is 1.92. The molecule has 0 amide bonds. The molecule has 1 aromatic rings. The maximum Gasteiger partial charge on any atom is 0.208 e. The number of oxazole rings is 1. The second-order valence-corrected chi connectivity index (χ2v) is 6.53. The van der Waals surface area contributed by atoms with Gasteiger partial charge in [0.25, 0.3) is 0 Å². The van der Waals surface area contributed by atoms with Crippen LogP contribution in [0.5, 0.6) is 0 Å². The summed E-state index contributed by atoms with van der Waals surface area (Å²) < 4.78 is 28.2. The molecule has 90 valence electrons. The lowest BCUT2D eigenvalue weighted by molar-refractivity contribution is 0.196. The second-order valence-electron chi connectivity index (χ2n) is 4.30. The third-order valence-electron chi connectivity index (χ3n) is 2.82. The Hall–Kier alpha value is -0.880. The molecule has 0 aromatic carbocycles. The molecule has 0 aliphatic carbocycles. The van der Waals surface area contributed by atoms with E-state index in [1.54, 1.807) is 6.20 Å². The molecule has 2 heterocycles. The molecule has 0 N–H and O–H groups in total. The van der Waals surface area contributed by atoms with Crippen LogP contribution >= 0.6 is 0 Å². The zero-order valence-electron chi connectivity index (χ0n) is 9.51. The Bertz CT molecular complexity index is 466. The molecule has 1 unspecified atom stereocenters. The fraction of sp³-hybridized carbons (Fsp3) is 0.700. The van der Waals surface area contributed by atoms with Gasteiger partial charge in [-0.05, 0) is 13.8 Å². The standard InChI is InChI=1S/C10H16N2O3S/c1-8-7-16(13,14)4-3-12(8)6-10-11-5-9(2)15-10/h5,8H,3-4,6-7H2,1-2H3. The van der Waals surface area contributed by atoms with Gasteiger partial charge in [-0.1, -0.05) is 0 Å². The lowest BCUT2D eigenvalue weighted by Gasteiger charge is -2.31. The van der Waals surface area contributed by atoms with Gasteiger partial charge in [0.1, 0.15) is 5.76 Å². The summed E-state index contributed by atoms with van der Waals surface area (Å²) in [5.41, 5.74) is 0.